The molecule has 0 saturated carbocycles. The summed E-state index contributed by atoms with van der Waals surface area (Å²) in [5, 5.41) is 3.05. The van der Waals surface area contributed by atoms with E-state index in [9.17, 15) is 9.59 Å². The summed E-state index contributed by atoms with van der Waals surface area (Å²) in [6.07, 6.45) is 1.04. The largest absolute Gasteiger partial charge is 0.481 e. The lowest BCUT2D eigenvalue weighted by atomic mass is 10.0. The van der Waals surface area contributed by atoms with Crippen LogP contribution in [0.5, 0.6) is 5.75 Å². The van der Waals surface area contributed by atoms with E-state index in [1.165, 1.54) is 0 Å². The number of nitrogens with one attached hydrogen (secondary N) is 1. The molecule has 1 fully saturated rings. The van der Waals surface area contributed by atoms with Crippen molar-refractivity contribution in [3.05, 3.63) is 29.8 Å². The van der Waals surface area contributed by atoms with Gasteiger partial charge in [-0.25, -0.2) is 0 Å². The van der Waals surface area contributed by atoms with Crippen LogP contribution in [-0.4, -0.2) is 41.9 Å². The fraction of sp³-hybridized carbons (Fsp3) is 0.579. The van der Waals surface area contributed by atoms with Crippen LogP contribution in [0.15, 0.2) is 24.3 Å². The van der Waals surface area contributed by atoms with Crippen molar-refractivity contribution in [2.45, 2.75) is 58.6 Å². The molecule has 1 saturated heterocycles. The van der Waals surface area contributed by atoms with Crippen molar-refractivity contribution in [1.82, 2.24) is 10.2 Å². The van der Waals surface area contributed by atoms with Gasteiger partial charge in [0.25, 0.3) is 5.91 Å². The van der Waals surface area contributed by atoms with Gasteiger partial charge in [-0.2, -0.15) is 0 Å². The molecule has 1 aromatic carbocycles. The highest BCUT2D eigenvalue weighted by molar-refractivity contribution is 5.81. The van der Waals surface area contributed by atoms with Gasteiger partial charge in [0.1, 0.15) is 5.75 Å². The number of nitrogens with zero attached hydrogens (tertiary/aromatic N) is 1. The molecule has 1 N–H and O–H groups in total. The van der Waals surface area contributed by atoms with Crippen molar-refractivity contribution in [1.29, 1.82) is 0 Å². The number of hydrogen-bond donors (Lipinski definition) is 1. The van der Waals surface area contributed by atoms with Gasteiger partial charge in [-0.05, 0) is 37.3 Å². The molecule has 1 aliphatic rings. The molecule has 2 amide bonds. The molecular weight excluding hydrogens is 304 g/mol. The zero-order valence-electron chi connectivity index (χ0n) is 15.0. The maximum Gasteiger partial charge on any atom is 0.260 e. The number of para-hydroxylation sites is 1. The van der Waals surface area contributed by atoms with Crippen LogP contribution in [0.2, 0.25) is 0 Å². The number of carbonyl (C=O) groups excluding carboxylic acids is 2. The summed E-state index contributed by atoms with van der Waals surface area (Å²) in [6, 6.07) is 7.95. The third-order valence-electron chi connectivity index (χ3n) is 4.50. The Morgan fingerprint density at radius 2 is 1.79 bits per heavy atom. The number of carbonyl (C=O) groups is 2. The number of hydrogen-bond acceptors (Lipinski definition) is 3. The Bertz CT molecular complexity index is 578. The van der Waals surface area contributed by atoms with Crippen LogP contribution in [0.25, 0.3) is 0 Å². The second-order valence-corrected chi connectivity index (χ2v) is 6.74. The van der Waals surface area contributed by atoms with Gasteiger partial charge in [-0.3, -0.25) is 9.59 Å². The SMILES string of the molecule is CC(=O)N1CCC(NC(=O)C(C)Oc2ccccc2C(C)C)CC1. The molecule has 24 heavy (non-hydrogen) atoms. The Morgan fingerprint density at radius 3 is 2.38 bits per heavy atom. The summed E-state index contributed by atoms with van der Waals surface area (Å²) in [6.45, 7) is 8.97. The van der Waals surface area contributed by atoms with Crippen LogP contribution in [0.1, 0.15) is 52.0 Å². The number of amides is 2. The van der Waals surface area contributed by atoms with Crippen LogP contribution >= 0.6 is 0 Å². The number of likely N-dealkylation sites (tertiary alicyclic amines) is 1. The standard InChI is InChI=1S/C19H28N2O3/c1-13(2)17-7-5-6-8-18(17)24-14(3)19(23)20-16-9-11-21(12-10-16)15(4)22/h5-8,13-14,16H,9-12H2,1-4H3,(H,20,23). The first-order valence-electron chi connectivity index (χ1n) is 8.70. The van der Waals surface area contributed by atoms with E-state index in [0.29, 0.717) is 19.0 Å². The van der Waals surface area contributed by atoms with Crippen molar-refractivity contribution >= 4 is 11.8 Å². The molecule has 1 heterocycles. The van der Waals surface area contributed by atoms with Crippen molar-refractivity contribution in [3.63, 3.8) is 0 Å². The molecule has 0 aliphatic carbocycles. The minimum Gasteiger partial charge on any atom is -0.481 e. The first-order valence-corrected chi connectivity index (χ1v) is 8.70. The maximum atomic E-state index is 12.4. The first-order chi connectivity index (χ1) is 11.4. The predicted octanol–water partition coefficient (Wildman–Crippen LogP) is 2.70. The second-order valence-electron chi connectivity index (χ2n) is 6.74. The molecule has 5 heteroatoms. The predicted molar refractivity (Wildman–Crippen MR) is 94.0 cm³/mol. The fourth-order valence-electron chi connectivity index (χ4n) is 2.97. The molecule has 1 unspecified atom stereocenters. The summed E-state index contributed by atoms with van der Waals surface area (Å²) in [7, 11) is 0. The zero-order chi connectivity index (χ0) is 17.7. The normalized spacial score (nSPS) is 16.8. The van der Waals surface area contributed by atoms with Gasteiger partial charge < -0.3 is 15.0 Å². The molecule has 0 radical (unpaired) electrons. The molecule has 5 nitrogen and oxygen atoms in total. The van der Waals surface area contributed by atoms with Gasteiger partial charge in [0.05, 0.1) is 0 Å². The second kappa shape index (κ2) is 8.18. The summed E-state index contributed by atoms with van der Waals surface area (Å²) >= 11 is 0. The molecule has 1 aliphatic heterocycles. The highest BCUT2D eigenvalue weighted by atomic mass is 16.5. The lowest BCUT2D eigenvalue weighted by Crippen LogP contribution is -2.48. The Hall–Kier alpha value is -2.04. The first kappa shape index (κ1) is 18.3. The number of benzene rings is 1. The minimum absolute atomic E-state index is 0.0989. The van der Waals surface area contributed by atoms with E-state index in [1.807, 2.05) is 29.2 Å². The zero-order valence-corrected chi connectivity index (χ0v) is 15.0. The highest BCUT2D eigenvalue weighted by Crippen LogP contribution is 2.26. The third kappa shape index (κ3) is 4.73. The molecule has 1 atom stereocenters. The Kier molecular flexibility index (Phi) is 6.23. The minimum atomic E-state index is -0.546. The van der Waals surface area contributed by atoms with Crippen LogP contribution < -0.4 is 10.1 Å². The Labute approximate surface area is 144 Å². The average molecular weight is 332 g/mol. The molecule has 0 spiro atoms. The maximum absolute atomic E-state index is 12.4. The highest BCUT2D eigenvalue weighted by Gasteiger charge is 2.24. The van der Waals surface area contributed by atoms with Crippen LogP contribution in [-0.2, 0) is 9.59 Å². The molecule has 2 rings (SSSR count). The summed E-state index contributed by atoms with van der Waals surface area (Å²) in [5.41, 5.74) is 1.10. The van der Waals surface area contributed by atoms with Gasteiger partial charge in [0.2, 0.25) is 5.91 Å². The molecule has 0 bridgehead atoms. The van der Waals surface area contributed by atoms with E-state index in [0.717, 1.165) is 24.2 Å². The molecule has 132 valence electrons. The van der Waals surface area contributed by atoms with Crippen LogP contribution in [0.3, 0.4) is 0 Å². The smallest absolute Gasteiger partial charge is 0.260 e. The third-order valence-corrected chi connectivity index (χ3v) is 4.50. The van der Waals surface area contributed by atoms with Crippen LogP contribution in [0, 0.1) is 0 Å². The van der Waals surface area contributed by atoms with Gasteiger partial charge in [-0.1, -0.05) is 32.0 Å². The Morgan fingerprint density at radius 1 is 1.17 bits per heavy atom. The molecular formula is C19H28N2O3. The Balaban J connectivity index is 1.88. The van der Waals surface area contributed by atoms with E-state index in [-0.39, 0.29) is 17.9 Å². The molecule has 0 aromatic heterocycles. The fourth-order valence-corrected chi connectivity index (χ4v) is 2.97. The van der Waals surface area contributed by atoms with Crippen molar-refractivity contribution in [2.75, 3.05) is 13.1 Å². The van der Waals surface area contributed by atoms with E-state index in [2.05, 4.69) is 19.2 Å². The lowest BCUT2D eigenvalue weighted by Gasteiger charge is -2.32. The summed E-state index contributed by atoms with van der Waals surface area (Å²) in [4.78, 5) is 25.6. The van der Waals surface area contributed by atoms with Gasteiger partial charge in [0, 0.05) is 26.1 Å². The van der Waals surface area contributed by atoms with Gasteiger partial charge in [-0.15, -0.1) is 0 Å². The van der Waals surface area contributed by atoms with Gasteiger partial charge in [0.15, 0.2) is 6.10 Å². The van der Waals surface area contributed by atoms with Gasteiger partial charge >= 0.3 is 0 Å². The average Bonchev–Trinajstić information content (AvgIpc) is 2.55. The van der Waals surface area contributed by atoms with Crippen molar-refractivity contribution in [3.8, 4) is 5.75 Å². The van der Waals surface area contributed by atoms with Crippen LogP contribution in [0.4, 0.5) is 0 Å². The quantitative estimate of drug-likeness (QED) is 0.902. The summed E-state index contributed by atoms with van der Waals surface area (Å²) in [5.74, 6) is 1.10. The summed E-state index contributed by atoms with van der Waals surface area (Å²) < 4.78 is 5.89. The van der Waals surface area contributed by atoms with E-state index >= 15 is 0 Å². The van der Waals surface area contributed by atoms with E-state index in [4.69, 9.17) is 4.74 Å². The topological polar surface area (TPSA) is 58.6 Å². The van der Waals surface area contributed by atoms with Crippen molar-refractivity contribution < 1.29 is 14.3 Å². The van der Waals surface area contributed by atoms with E-state index in [1.54, 1.807) is 13.8 Å². The lowest BCUT2D eigenvalue weighted by molar-refractivity contribution is -0.130. The monoisotopic (exact) mass is 332 g/mol. The number of rotatable bonds is 5. The number of piperidine rings is 1. The number of ether oxygens (including phenoxy) is 1. The van der Waals surface area contributed by atoms with Crippen molar-refractivity contribution in [2.24, 2.45) is 0 Å². The molecule has 1 aromatic rings. The van der Waals surface area contributed by atoms with E-state index < -0.39 is 6.10 Å².